The van der Waals surface area contributed by atoms with E-state index in [0.29, 0.717) is 26.1 Å². The van der Waals surface area contributed by atoms with Gasteiger partial charge in [0.25, 0.3) is 0 Å². The number of piperidine rings is 1. The lowest BCUT2D eigenvalue weighted by Crippen LogP contribution is -2.47. The van der Waals surface area contributed by atoms with Crippen LogP contribution in [0.3, 0.4) is 0 Å². The van der Waals surface area contributed by atoms with Crippen molar-refractivity contribution in [3.8, 4) is 0 Å². The van der Waals surface area contributed by atoms with E-state index >= 15 is 0 Å². The quantitative estimate of drug-likeness (QED) is 0.680. The van der Waals surface area contributed by atoms with Crippen molar-refractivity contribution in [1.29, 1.82) is 0 Å². The van der Waals surface area contributed by atoms with Crippen LogP contribution in [0.1, 0.15) is 70.6 Å². The van der Waals surface area contributed by atoms with E-state index in [0.717, 1.165) is 30.4 Å². The van der Waals surface area contributed by atoms with Crippen LogP contribution in [0.15, 0.2) is 18.2 Å². The van der Waals surface area contributed by atoms with Gasteiger partial charge in [0, 0.05) is 13.1 Å². The summed E-state index contributed by atoms with van der Waals surface area (Å²) < 4.78 is 10.7. The lowest BCUT2D eigenvalue weighted by atomic mass is 9.69. The summed E-state index contributed by atoms with van der Waals surface area (Å²) in [4.78, 5) is 26.4. The number of amides is 1. The van der Waals surface area contributed by atoms with Crippen LogP contribution in [0.4, 0.5) is 4.79 Å². The van der Waals surface area contributed by atoms with E-state index in [1.807, 2.05) is 34.6 Å². The molecule has 1 aromatic rings. The molecule has 1 aliphatic heterocycles. The third-order valence-corrected chi connectivity index (χ3v) is 5.52. The lowest BCUT2D eigenvalue weighted by molar-refractivity contribution is -0.142. The molecule has 1 amide bonds. The van der Waals surface area contributed by atoms with Gasteiger partial charge in [-0.3, -0.25) is 4.79 Å². The minimum absolute atomic E-state index is 0.0337. The van der Waals surface area contributed by atoms with Crippen LogP contribution in [0, 0.1) is 6.92 Å². The summed E-state index contributed by atoms with van der Waals surface area (Å²) in [5.74, 6) is -0.188. The first-order valence-electron chi connectivity index (χ1n) is 10.3. The second-order valence-electron chi connectivity index (χ2n) is 8.74. The Hall–Kier alpha value is -2.04. The first kappa shape index (κ1) is 22.3. The fourth-order valence-electron chi connectivity index (χ4n) is 4.01. The molecule has 0 unspecified atom stereocenters. The molecule has 2 rings (SSSR count). The van der Waals surface area contributed by atoms with Crippen molar-refractivity contribution in [3.63, 3.8) is 0 Å². The van der Waals surface area contributed by atoms with Gasteiger partial charge in [0.2, 0.25) is 0 Å². The second-order valence-corrected chi connectivity index (χ2v) is 8.74. The average Bonchev–Trinajstić information content (AvgIpc) is 2.60. The van der Waals surface area contributed by atoms with Crippen molar-refractivity contribution in [1.82, 2.24) is 4.90 Å². The maximum absolute atomic E-state index is 12.4. The Kier molecular flexibility index (Phi) is 7.13. The van der Waals surface area contributed by atoms with Gasteiger partial charge in [-0.25, -0.2) is 4.79 Å². The summed E-state index contributed by atoms with van der Waals surface area (Å²) >= 11 is 0. The van der Waals surface area contributed by atoms with Crippen molar-refractivity contribution in [2.24, 2.45) is 0 Å². The maximum atomic E-state index is 12.4. The first-order valence-corrected chi connectivity index (χ1v) is 10.3. The molecule has 1 aliphatic rings. The van der Waals surface area contributed by atoms with Gasteiger partial charge in [-0.2, -0.15) is 0 Å². The molecule has 0 atom stereocenters. The summed E-state index contributed by atoms with van der Waals surface area (Å²) in [7, 11) is 0. The zero-order chi connectivity index (χ0) is 20.9. The van der Waals surface area contributed by atoms with Crippen LogP contribution in [0.5, 0.6) is 0 Å². The molecule has 0 aliphatic carbocycles. The van der Waals surface area contributed by atoms with E-state index in [-0.39, 0.29) is 17.5 Å². The van der Waals surface area contributed by atoms with Crippen LogP contribution in [0.25, 0.3) is 0 Å². The number of aryl methyl sites for hydroxylation is 1. The number of likely N-dealkylation sites (tertiary alicyclic amines) is 1. The number of rotatable bonds is 5. The Morgan fingerprint density at radius 1 is 1.14 bits per heavy atom. The van der Waals surface area contributed by atoms with Gasteiger partial charge >= 0.3 is 12.1 Å². The number of carbonyl (C=O) groups is 2. The zero-order valence-corrected chi connectivity index (χ0v) is 18.3. The van der Waals surface area contributed by atoms with Crippen molar-refractivity contribution < 1.29 is 19.1 Å². The van der Waals surface area contributed by atoms with E-state index in [2.05, 4.69) is 25.1 Å². The Balaban J connectivity index is 2.21. The van der Waals surface area contributed by atoms with Crippen molar-refractivity contribution >= 4 is 12.1 Å². The van der Waals surface area contributed by atoms with Gasteiger partial charge < -0.3 is 14.4 Å². The maximum Gasteiger partial charge on any atom is 0.410 e. The normalized spacial score (nSPS) is 16.6. The summed E-state index contributed by atoms with van der Waals surface area (Å²) in [6, 6.07) is 6.38. The molecule has 1 aromatic carbocycles. The van der Waals surface area contributed by atoms with Crippen LogP contribution >= 0.6 is 0 Å². The molecule has 0 saturated carbocycles. The molecule has 28 heavy (non-hydrogen) atoms. The summed E-state index contributed by atoms with van der Waals surface area (Å²) in [6.45, 7) is 13.4. The van der Waals surface area contributed by atoms with Crippen molar-refractivity contribution in [2.75, 3.05) is 19.7 Å². The van der Waals surface area contributed by atoms with E-state index in [1.165, 1.54) is 5.56 Å². The predicted octanol–water partition coefficient (Wildman–Crippen LogP) is 4.78. The number of ether oxygens (including phenoxy) is 2. The Bertz CT molecular complexity index is 697. The minimum atomic E-state index is -0.486. The topological polar surface area (TPSA) is 55.8 Å². The van der Waals surface area contributed by atoms with Crippen molar-refractivity contribution in [2.45, 2.75) is 78.2 Å². The van der Waals surface area contributed by atoms with Crippen molar-refractivity contribution in [3.05, 3.63) is 34.9 Å². The molecule has 0 bridgehead atoms. The van der Waals surface area contributed by atoms with Crippen LogP contribution in [-0.2, 0) is 26.1 Å². The number of hydrogen-bond donors (Lipinski definition) is 0. The molecule has 156 valence electrons. The van der Waals surface area contributed by atoms with E-state index in [9.17, 15) is 9.59 Å². The van der Waals surface area contributed by atoms with Crippen LogP contribution in [0.2, 0.25) is 0 Å². The summed E-state index contributed by atoms with van der Waals surface area (Å²) in [6.07, 6.45) is 2.74. The molecule has 0 radical (unpaired) electrons. The number of esters is 1. The lowest BCUT2D eigenvalue weighted by Gasteiger charge is -2.43. The number of hydrogen-bond acceptors (Lipinski definition) is 4. The first-order chi connectivity index (χ1) is 13.1. The largest absolute Gasteiger partial charge is 0.466 e. The highest BCUT2D eigenvalue weighted by Gasteiger charge is 2.38. The smallest absolute Gasteiger partial charge is 0.410 e. The average molecular weight is 390 g/mol. The molecule has 0 aromatic heterocycles. The Labute approximate surface area is 169 Å². The fourth-order valence-corrected chi connectivity index (χ4v) is 4.01. The summed E-state index contributed by atoms with van der Waals surface area (Å²) in [5, 5.41) is 0. The van der Waals surface area contributed by atoms with Gasteiger partial charge in [0.1, 0.15) is 5.60 Å². The SMILES string of the molecule is CCOC(=O)Cc1cc(C)ccc1C1(CC)CCN(C(=O)OC(C)(C)C)CC1. The summed E-state index contributed by atoms with van der Waals surface area (Å²) in [5.41, 5.74) is 2.89. The Morgan fingerprint density at radius 3 is 2.32 bits per heavy atom. The van der Waals surface area contributed by atoms with E-state index in [1.54, 1.807) is 4.90 Å². The molecule has 5 heteroatoms. The standard InChI is InChI=1S/C23H35NO4/c1-7-23(11-13-24(14-12-23)21(26)28-22(4,5)6)19-10-9-17(3)15-18(19)16-20(25)27-8-2/h9-10,15H,7-8,11-14,16H2,1-6H3. The highest BCUT2D eigenvalue weighted by atomic mass is 16.6. The van der Waals surface area contributed by atoms with E-state index < -0.39 is 5.60 Å². The molecular formula is C23H35NO4. The highest BCUT2D eigenvalue weighted by Crippen LogP contribution is 2.41. The zero-order valence-electron chi connectivity index (χ0n) is 18.3. The van der Waals surface area contributed by atoms with Gasteiger partial charge in [-0.1, -0.05) is 30.7 Å². The van der Waals surface area contributed by atoms with Gasteiger partial charge in [0.15, 0.2) is 0 Å². The molecule has 1 heterocycles. The molecule has 0 N–H and O–H groups in total. The molecule has 1 saturated heterocycles. The van der Waals surface area contributed by atoms with Gasteiger partial charge in [0.05, 0.1) is 13.0 Å². The predicted molar refractivity (Wildman–Crippen MR) is 111 cm³/mol. The van der Waals surface area contributed by atoms with Gasteiger partial charge in [-0.05, 0) is 70.4 Å². The highest BCUT2D eigenvalue weighted by molar-refractivity contribution is 5.73. The molecule has 0 spiro atoms. The van der Waals surface area contributed by atoms with Crippen LogP contribution in [-0.4, -0.2) is 42.3 Å². The number of nitrogens with zero attached hydrogens (tertiary/aromatic N) is 1. The molecule has 5 nitrogen and oxygen atoms in total. The number of carbonyl (C=O) groups excluding carboxylic acids is 2. The third-order valence-electron chi connectivity index (χ3n) is 5.52. The van der Waals surface area contributed by atoms with Crippen LogP contribution < -0.4 is 0 Å². The molecular weight excluding hydrogens is 354 g/mol. The Morgan fingerprint density at radius 2 is 1.79 bits per heavy atom. The van der Waals surface area contributed by atoms with Gasteiger partial charge in [-0.15, -0.1) is 0 Å². The second kappa shape index (κ2) is 8.97. The third kappa shape index (κ3) is 5.49. The molecule has 1 fully saturated rings. The fraction of sp³-hybridized carbons (Fsp3) is 0.652. The minimum Gasteiger partial charge on any atom is -0.466 e. The monoisotopic (exact) mass is 389 g/mol. The van der Waals surface area contributed by atoms with E-state index in [4.69, 9.17) is 9.47 Å². The number of benzene rings is 1.